The zero-order valence-corrected chi connectivity index (χ0v) is 11.3. The molecule has 3 rings (SSSR count). The van der Waals surface area contributed by atoms with Crippen LogP contribution in [0, 0.1) is 11.3 Å². The number of fused-ring (bicyclic) bond motifs is 1. The maximum Gasteiger partial charge on any atom is 0.144 e. The average molecular weight is 257 g/mol. The Balaban J connectivity index is 1.70. The molecule has 4 nitrogen and oxygen atoms in total. The van der Waals surface area contributed by atoms with E-state index in [0.717, 1.165) is 44.5 Å². The second-order valence-electron chi connectivity index (χ2n) is 5.35. The van der Waals surface area contributed by atoms with Gasteiger partial charge in [0.2, 0.25) is 0 Å². The van der Waals surface area contributed by atoms with E-state index in [9.17, 15) is 5.26 Å². The molecule has 1 saturated carbocycles. The first-order valence-corrected chi connectivity index (χ1v) is 7.11. The van der Waals surface area contributed by atoms with Crippen molar-refractivity contribution in [3.8, 4) is 6.07 Å². The van der Waals surface area contributed by atoms with Gasteiger partial charge in [-0.15, -0.1) is 0 Å². The molecule has 1 N–H and O–H groups in total. The quantitative estimate of drug-likeness (QED) is 0.900. The Morgan fingerprint density at radius 3 is 3.05 bits per heavy atom. The van der Waals surface area contributed by atoms with Gasteiger partial charge in [0.25, 0.3) is 0 Å². The van der Waals surface area contributed by atoms with Crippen LogP contribution < -0.4 is 5.32 Å². The molecule has 0 saturated heterocycles. The first-order valence-electron chi connectivity index (χ1n) is 7.11. The Morgan fingerprint density at radius 2 is 2.32 bits per heavy atom. The predicted octanol–water partition coefficient (Wildman–Crippen LogP) is 2.42. The second kappa shape index (κ2) is 5.18. The number of pyridine rings is 1. The third-order valence-corrected chi connectivity index (χ3v) is 4.01. The predicted molar refractivity (Wildman–Crippen MR) is 73.0 cm³/mol. The lowest BCUT2D eigenvalue weighted by molar-refractivity contribution is 0.00292. The third-order valence-electron chi connectivity index (χ3n) is 4.01. The van der Waals surface area contributed by atoms with Crippen molar-refractivity contribution in [2.75, 3.05) is 11.9 Å². The van der Waals surface area contributed by atoms with E-state index < -0.39 is 0 Å². The van der Waals surface area contributed by atoms with Gasteiger partial charge in [-0.1, -0.05) is 0 Å². The van der Waals surface area contributed by atoms with Crippen molar-refractivity contribution >= 4 is 5.82 Å². The molecular weight excluding hydrogens is 238 g/mol. The Bertz CT molecular complexity index is 515. The topological polar surface area (TPSA) is 57.9 Å². The molecule has 19 heavy (non-hydrogen) atoms. The number of anilines is 1. The summed E-state index contributed by atoms with van der Waals surface area (Å²) in [6.45, 7) is 2.80. The molecular formula is C15H19N3O. The summed E-state index contributed by atoms with van der Waals surface area (Å²) in [7, 11) is 0. The number of nitriles is 1. The van der Waals surface area contributed by atoms with Gasteiger partial charge in [0, 0.05) is 18.3 Å². The highest BCUT2D eigenvalue weighted by molar-refractivity contribution is 5.55. The zero-order chi connectivity index (χ0) is 13.2. The van der Waals surface area contributed by atoms with Crippen LogP contribution in [0.25, 0.3) is 0 Å². The lowest BCUT2D eigenvalue weighted by atomic mass is 9.89. The van der Waals surface area contributed by atoms with Gasteiger partial charge in [-0.3, -0.25) is 0 Å². The van der Waals surface area contributed by atoms with Crippen LogP contribution in [0.5, 0.6) is 0 Å². The van der Waals surface area contributed by atoms with Crippen LogP contribution >= 0.6 is 0 Å². The largest absolute Gasteiger partial charge is 0.378 e. The monoisotopic (exact) mass is 257 g/mol. The Hall–Kier alpha value is -1.60. The Labute approximate surface area is 113 Å². The highest BCUT2D eigenvalue weighted by Gasteiger charge is 2.30. The van der Waals surface area contributed by atoms with Crippen molar-refractivity contribution in [1.82, 2.24) is 4.98 Å². The maximum atomic E-state index is 9.23. The highest BCUT2D eigenvalue weighted by Crippen LogP contribution is 2.29. The molecule has 1 aromatic rings. The van der Waals surface area contributed by atoms with E-state index in [1.807, 2.05) is 13.0 Å². The number of nitrogens with zero attached hydrogens (tertiary/aromatic N) is 2. The number of aromatic nitrogens is 1. The molecule has 0 spiro atoms. The molecule has 1 aromatic heterocycles. The van der Waals surface area contributed by atoms with Gasteiger partial charge < -0.3 is 10.1 Å². The summed E-state index contributed by atoms with van der Waals surface area (Å²) in [4.78, 5) is 4.64. The molecule has 0 amide bonds. The second-order valence-corrected chi connectivity index (χ2v) is 5.35. The van der Waals surface area contributed by atoms with E-state index in [2.05, 4.69) is 16.4 Å². The molecule has 0 atom stereocenters. The van der Waals surface area contributed by atoms with Crippen molar-refractivity contribution in [1.29, 1.82) is 5.26 Å². The Morgan fingerprint density at radius 1 is 1.47 bits per heavy atom. The first-order chi connectivity index (χ1) is 9.30. The van der Waals surface area contributed by atoms with E-state index in [4.69, 9.17) is 4.74 Å². The van der Waals surface area contributed by atoms with Crippen LogP contribution in [0.4, 0.5) is 5.82 Å². The molecule has 1 fully saturated rings. The van der Waals surface area contributed by atoms with Gasteiger partial charge in [-0.05, 0) is 50.7 Å². The van der Waals surface area contributed by atoms with Crippen molar-refractivity contribution in [2.45, 2.75) is 51.2 Å². The van der Waals surface area contributed by atoms with E-state index in [1.54, 1.807) is 0 Å². The molecule has 0 aliphatic heterocycles. The Kier molecular flexibility index (Phi) is 3.39. The van der Waals surface area contributed by atoms with Crippen molar-refractivity contribution in [3.05, 3.63) is 22.9 Å². The summed E-state index contributed by atoms with van der Waals surface area (Å²) in [5.41, 5.74) is 3.10. The van der Waals surface area contributed by atoms with E-state index >= 15 is 0 Å². The van der Waals surface area contributed by atoms with Crippen molar-refractivity contribution in [2.24, 2.45) is 0 Å². The molecule has 0 radical (unpaired) electrons. The summed E-state index contributed by atoms with van der Waals surface area (Å²) in [6.07, 6.45) is 5.67. The molecule has 0 unspecified atom stereocenters. The summed E-state index contributed by atoms with van der Waals surface area (Å²) in [6, 6.07) is 4.67. The fraction of sp³-hybridized carbons (Fsp3) is 0.600. The summed E-state index contributed by atoms with van der Waals surface area (Å²) in [5.74, 6) is 0.767. The number of rotatable bonds is 4. The van der Waals surface area contributed by atoms with Crippen LogP contribution in [-0.2, 0) is 17.6 Å². The summed E-state index contributed by atoms with van der Waals surface area (Å²) >= 11 is 0. The number of aryl methyl sites for hydroxylation is 2. The zero-order valence-electron chi connectivity index (χ0n) is 11.3. The van der Waals surface area contributed by atoms with E-state index in [-0.39, 0.29) is 0 Å². The van der Waals surface area contributed by atoms with Gasteiger partial charge in [-0.25, -0.2) is 4.98 Å². The number of hydrogen-bond donors (Lipinski definition) is 1. The minimum atomic E-state index is 0.377. The number of ether oxygens (including phenoxy) is 1. The average Bonchev–Trinajstić information content (AvgIpc) is 2.82. The van der Waals surface area contributed by atoms with Gasteiger partial charge in [0.15, 0.2) is 0 Å². The first kappa shape index (κ1) is 12.4. The van der Waals surface area contributed by atoms with Crippen LogP contribution in [0.15, 0.2) is 6.07 Å². The van der Waals surface area contributed by atoms with E-state index in [0.29, 0.717) is 17.7 Å². The highest BCUT2D eigenvalue weighted by atomic mass is 16.5. The van der Waals surface area contributed by atoms with Crippen molar-refractivity contribution in [3.63, 3.8) is 0 Å². The van der Waals surface area contributed by atoms with Crippen LogP contribution in [0.2, 0.25) is 0 Å². The molecule has 1 heterocycles. The van der Waals surface area contributed by atoms with Crippen LogP contribution in [-0.4, -0.2) is 23.7 Å². The fourth-order valence-electron chi connectivity index (χ4n) is 2.92. The van der Waals surface area contributed by atoms with Gasteiger partial charge in [-0.2, -0.15) is 5.26 Å². The molecule has 4 heteroatoms. The van der Waals surface area contributed by atoms with Gasteiger partial charge in [0.1, 0.15) is 11.9 Å². The van der Waals surface area contributed by atoms with Gasteiger partial charge in [0.05, 0.1) is 11.7 Å². The maximum absolute atomic E-state index is 9.23. The van der Waals surface area contributed by atoms with Crippen LogP contribution in [0.3, 0.4) is 0 Å². The molecule has 100 valence electrons. The molecule has 0 aromatic carbocycles. The third kappa shape index (κ3) is 2.43. The summed E-state index contributed by atoms with van der Waals surface area (Å²) < 4.78 is 5.55. The summed E-state index contributed by atoms with van der Waals surface area (Å²) in [5, 5.41) is 12.6. The lowest BCUT2D eigenvalue weighted by Gasteiger charge is -2.35. The minimum Gasteiger partial charge on any atom is -0.378 e. The smallest absolute Gasteiger partial charge is 0.144 e. The standard InChI is InChI=1S/C15H19N3O/c1-2-19-13-7-12(8-13)17-15-11(9-16)6-10-4-3-5-14(10)18-15/h6,12-13H,2-5,7-8H2,1H3,(H,17,18). The van der Waals surface area contributed by atoms with E-state index in [1.165, 1.54) is 11.3 Å². The molecule has 2 aliphatic rings. The number of hydrogen-bond acceptors (Lipinski definition) is 4. The lowest BCUT2D eigenvalue weighted by Crippen LogP contribution is -2.41. The minimum absolute atomic E-state index is 0.377. The van der Waals surface area contributed by atoms with Crippen LogP contribution in [0.1, 0.15) is 43.0 Å². The SMILES string of the molecule is CCOC1CC(Nc2nc3c(cc2C#N)CCC3)C1. The van der Waals surface area contributed by atoms with Crippen molar-refractivity contribution < 1.29 is 4.74 Å². The van der Waals surface area contributed by atoms with Gasteiger partial charge >= 0.3 is 0 Å². The number of nitrogens with one attached hydrogen (secondary N) is 1. The molecule has 0 bridgehead atoms. The molecule has 2 aliphatic carbocycles. The fourth-order valence-corrected chi connectivity index (χ4v) is 2.92. The normalized spacial score (nSPS) is 24.4.